The summed E-state index contributed by atoms with van der Waals surface area (Å²) in [4.78, 5) is 11.0. The Kier molecular flexibility index (Phi) is 3.13. The average Bonchev–Trinajstić information content (AvgIpc) is 2.58. The number of halogens is 2. The SMILES string of the molecule is Cc1nsc(Sc2nc(F)ncc2Cl)n1. The van der Waals surface area contributed by atoms with E-state index in [1.165, 1.54) is 29.5 Å². The third kappa shape index (κ3) is 2.61. The van der Waals surface area contributed by atoms with Crippen molar-refractivity contribution in [2.75, 3.05) is 0 Å². The molecule has 0 fully saturated rings. The molecular formula is C7H4ClFN4S2. The maximum atomic E-state index is 12.7. The Morgan fingerprint density at radius 2 is 2.27 bits per heavy atom. The minimum Gasteiger partial charge on any atom is -0.213 e. The normalized spacial score (nSPS) is 10.6. The first-order valence-corrected chi connectivity index (χ1v) is 5.78. The van der Waals surface area contributed by atoms with Crippen LogP contribution in [-0.4, -0.2) is 19.3 Å². The van der Waals surface area contributed by atoms with Crippen LogP contribution in [0.4, 0.5) is 4.39 Å². The van der Waals surface area contributed by atoms with E-state index in [0.717, 1.165) is 0 Å². The van der Waals surface area contributed by atoms with E-state index in [1.54, 1.807) is 6.92 Å². The summed E-state index contributed by atoms with van der Waals surface area (Å²) in [5.74, 6) is 0.674. The van der Waals surface area contributed by atoms with Gasteiger partial charge in [-0.2, -0.15) is 13.7 Å². The molecule has 8 heteroatoms. The first kappa shape index (κ1) is 10.7. The first-order valence-electron chi connectivity index (χ1n) is 3.81. The van der Waals surface area contributed by atoms with Crippen LogP contribution < -0.4 is 0 Å². The van der Waals surface area contributed by atoms with Crippen LogP contribution in [0.1, 0.15) is 5.82 Å². The lowest BCUT2D eigenvalue weighted by atomic mass is 10.7. The van der Waals surface area contributed by atoms with E-state index in [1.807, 2.05) is 0 Å². The van der Waals surface area contributed by atoms with Crippen molar-refractivity contribution < 1.29 is 4.39 Å². The first-order chi connectivity index (χ1) is 7.15. The smallest absolute Gasteiger partial charge is 0.213 e. The van der Waals surface area contributed by atoms with Gasteiger partial charge < -0.3 is 0 Å². The van der Waals surface area contributed by atoms with Crippen LogP contribution in [0.15, 0.2) is 15.6 Å². The van der Waals surface area contributed by atoms with Gasteiger partial charge in [-0.25, -0.2) is 9.97 Å². The van der Waals surface area contributed by atoms with Crippen LogP contribution in [0.5, 0.6) is 0 Å². The quantitative estimate of drug-likeness (QED) is 0.615. The zero-order valence-corrected chi connectivity index (χ0v) is 9.83. The molecule has 0 saturated heterocycles. The molecule has 78 valence electrons. The summed E-state index contributed by atoms with van der Waals surface area (Å²) in [5.41, 5.74) is 0. The van der Waals surface area contributed by atoms with E-state index >= 15 is 0 Å². The summed E-state index contributed by atoms with van der Waals surface area (Å²) >= 11 is 8.19. The lowest BCUT2D eigenvalue weighted by Gasteiger charge is -1.98. The molecule has 0 atom stereocenters. The van der Waals surface area contributed by atoms with Gasteiger partial charge in [-0.3, -0.25) is 0 Å². The molecule has 2 aromatic heterocycles. The highest BCUT2D eigenvalue weighted by molar-refractivity contribution is 8.01. The van der Waals surface area contributed by atoms with Crippen molar-refractivity contribution in [3.63, 3.8) is 0 Å². The molecule has 0 unspecified atom stereocenters. The van der Waals surface area contributed by atoms with E-state index in [0.29, 0.717) is 20.2 Å². The van der Waals surface area contributed by atoms with Crippen molar-refractivity contribution in [1.82, 2.24) is 19.3 Å². The zero-order valence-electron chi connectivity index (χ0n) is 7.44. The molecule has 0 aromatic carbocycles. The van der Waals surface area contributed by atoms with Gasteiger partial charge in [0.15, 0.2) is 4.34 Å². The van der Waals surface area contributed by atoms with E-state index in [2.05, 4.69) is 19.3 Å². The van der Waals surface area contributed by atoms with Gasteiger partial charge in [0.05, 0.1) is 11.2 Å². The molecule has 0 spiro atoms. The zero-order chi connectivity index (χ0) is 10.8. The molecule has 0 saturated carbocycles. The van der Waals surface area contributed by atoms with E-state index in [4.69, 9.17) is 11.6 Å². The summed E-state index contributed by atoms with van der Waals surface area (Å²) in [6, 6.07) is 0. The van der Waals surface area contributed by atoms with Crippen LogP contribution >= 0.6 is 34.9 Å². The summed E-state index contributed by atoms with van der Waals surface area (Å²) in [5, 5.41) is 0.648. The van der Waals surface area contributed by atoms with Gasteiger partial charge in [0.25, 0.3) is 0 Å². The molecular weight excluding hydrogens is 259 g/mol. The Bertz CT molecular complexity index is 490. The molecule has 0 aliphatic carbocycles. The number of hydrogen-bond donors (Lipinski definition) is 0. The topological polar surface area (TPSA) is 51.6 Å². The molecule has 15 heavy (non-hydrogen) atoms. The van der Waals surface area contributed by atoms with Gasteiger partial charge in [-0.1, -0.05) is 11.6 Å². The van der Waals surface area contributed by atoms with Crippen LogP contribution in [0.25, 0.3) is 0 Å². The maximum absolute atomic E-state index is 12.7. The number of rotatable bonds is 2. The van der Waals surface area contributed by atoms with Crippen molar-refractivity contribution in [1.29, 1.82) is 0 Å². The van der Waals surface area contributed by atoms with Crippen molar-refractivity contribution in [2.45, 2.75) is 16.3 Å². The molecule has 0 amide bonds. The van der Waals surface area contributed by atoms with Crippen molar-refractivity contribution in [3.8, 4) is 0 Å². The highest BCUT2D eigenvalue weighted by Crippen LogP contribution is 2.31. The highest BCUT2D eigenvalue weighted by atomic mass is 35.5. The minimum absolute atomic E-state index is 0.300. The second-order valence-electron chi connectivity index (χ2n) is 2.50. The molecule has 0 aliphatic heterocycles. The van der Waals surface area contributed by atoms with Gasteiger partial charge in [-0.15, -0.1) is 0 Å². The van der Waals surface area contributed by atoms with Crippen molar-refractivity contribution in [3.05, 3.63) is 23.1 Å². The van der Waals surface area contributed by atoms with Crippen LogP contribution in [0, 0.1) is 13.0 Å². The van der Waals surface area contributed by atoms with E-state index in [-0.39, 0.29) is 0 Å². The predicted molar refractivity (Wildman–Crippen MR) is 55.8 cm³/mol. The number of nitrogens with zero attached hydrogens (tertiary/aromatic N) is 4. The largest absolute Gasteiger partial charge is 0.309 e. The standard InChI is InChI=1S/C7H4ClFN4S2/c1-3-11-7(15-13-3)14-5-4(8)2-10-6(9)12-5/h2H,1H3. The molecule has 0 bridgehead atoms. The monoisotopic (exact) mass is 262 g/mol. The Morgan fingerprint density at radius 3 is 2.93 bits per heavy atom. The molecule has 2 aromatic rings. The van der Waals surface area contributed by atoms with Crippen molar-refractivity contribution in [2.24, 2.45) is 0 Å². The fraction of sp³-hybridized carbons (Fsp3) is 0.143. The lowest BCUT2D eigenvalue weighted by Crippen LogP contribution is -1.90. The number of hydrogen-bond acceptors (Lipinski definition) is 6. The summed E-state index contributed by atoms with van der Waals surface area (Å²) in [6.07, 6.45) is 0.420. The highest BCUT2D eigenvalue weighted by Gasteiger charge is 2.10. The molecule has 4 nitrogen and oxygen atoms in total. The van der Waals surface area contributed by atoms with E-state index < -0.39 is 6.08 Å². The third-order valence-corrected chi connectivity index (χ3v) is 3.61. The van der Waals surface area contributed by atoms with Crippen LogP contribution in [0.2, 0.25) is 5.02 Å². The second-order valence-corrected chi connectivity index (χ2v) is 4.90. The Morgan fingerprint density at radius 1 is 1.47 bits per heavy atom. The number of aromatic nitrogens is 4. The maximum Gasteiger partial charge on any atom is 0.309 e. The van der Waals surface area contributed by atoms with E-state index in [9.17, 15) is 4.39 Å². The van der Waals surface area contributed by atoms with Gasteiger partial charge in [-0.05, 0) is 30.2 Å². The molecule has 2 heterocycles. The van der Waals surface area contributed by atoms with Crippen LogP contribution in [-0.2, 0) is 0 Å². The minimum atomic E-state index is -0.803. The Balaban J connectivity index is 2.27. The second kappa shape index (κ2) is 4.38. The summed E-state index contributed by atoms with van der Waals surface area (Å²) in [7, 11) is 0. The van der Waals surface area contributed by atoms with Crippen LogP contribution in [0.3, 0.4) is 0 Å². The molecule has 0 N–H and O–H groups in total. The predicted octanol–water partition coefficient (Wildman–Crippen LogP) is 2.58. The third-order valence-electron chi connectivity index (χ3n) is 1.38. The Labute approximate surface area is 98.1 Å². The molecule has 2 rings (SSSR count). The molecule has 0 aliphatic rings. The van der Waals surface area contributed by atoms with Gasteiger partial charge in [0.2, 0.25) is 0 Å². The number of aryl methyl sites for hydroxylation is 1. The van der Waals surface area contributed by atoms with Gasteiger partial charge in [0, 0.05) is 0 Å². The Hall–Kier alpha value is -0.790. The summed E-state index contributed by atoms with van der Waals surface area (Å²) in [6.45, 7) is 1.78. The van der Waals surface area contributed by atoms with Gasteiger partial charge in [0.1, 0.15) is 10.9 Å². The van der Waals surface area contributed by atoms with Gasteiger partial charge >= 0.3 is 6.08 Å². The average molecular weight is 263 g/mol. The lowest BCUT2D eigenvalue weighted by molar-refractivity contribution is 0.527. The fourth-order valence-corrected chi connectivity index (χ4v) is 2.55. The summed E-state index contributed by atoms with van der Waals surface area (Å²) < 4.78 is 17.4. The van der Waals surface area contributed by atoms with Crippen molar-refractivity contribution >= 4 is 34.9 Å². The molecule has 0 radical (unpaired) electrons. The fourth-order valence-electron chi connectivity index (χ4n) is 0.805.